The molecule has 0 bridgehead atoms. The summed E-state index contributed by atoms with van der Waals surface area (Å²) in [6, 6.07) is 0.610. The Balaban J connectivity index is 2.55. The van der Waals surface area contributed by atoms with Crippen LogP contribution in [0.2, 0.25) is 0 Å². The van der Waals surface area contributed by atoms with Crippen molar-refractivity contribution in [2.24, 2.45) is 5.41 Å². The highest BCUT2D eigenvalue weighted by Crippen LogP contribution is 2.30. The molecule has 0 aliphatic carbocycles. The molecule has 1 aliphatic heterocycles. The minimum Gasteiger partial charge on any atom is -0.444 e. The molecule has 4 heteroatoms. The molecular formula is C19H38N2O2. The first kappa shape index (κ1) is 20.3. The van der Waals surface area contributed by atoms with Gasteiger partial charge in [0, 0.05) is 25.7 Å². The Kier molecular flexibility index (Phi) is 7.85. The number of carbonyl (C=O) groups is 1. The molecule has 136 valence electrons. The Morgan fingerprint density at radius 1 is 1.26 bits per heavy atom. The maximum atomic E-state index is 12.3. The Bertz CT molecular complexity index is 359. The SMILES string of the molecule is CCCC(CCC)NCC1(C)CCCN(C(=O)OC(C)(C)C)C1. The van der Waals surface area contributed by atoms with Gasteiger partial charge in [0.05, 0.1) is 0 Å². The summed E-state index contributed by atoms with van der Waals surface area (Å²) in [6.07, 6.45) is 6.98. The van der Waals surface area contributed by atoms with Crippen LogP contribution in [0.5, 0.6) is 0 Å². The highest BCUT2D eigenvalue weighted by molar-refractivity contribution is 5.68. The Labute approximate surface area is 143 Å². The molecule has 0 spiro atoms. The fourth-order valence-electron chi connectivity index (χ4n) is 3.38. The van der Waals surface area contributed by atoms with Crippen LogP contribution >= 0.6 is 0 Å². The molecule has 1 unspecified atom stereocenters. The Hall–Kier alpha value is -0.770. The summed E-state index contributed by atoms with van der Waals surface area (Å²) in [5.41, 5.74) is -0.272. The van der Waals surface area contributed by atoms with Gasteiger partial charge in [0.15, 0.2) is 0 Å². The molecule has 0 aromatic rings. The van der Waals surface area contributed by atoms with Gasteiger partial charge in [-0.3, -0.25) is 0 Å². The monoisotopic (exact) mass is 326 g/mol. The topological polar surface area (TPSA) is 41.6 Å². The number of hydrogen-bond donors (Lipinski definition) is 1. The number of nitrogens with one attached hydrogen (secondary N) is 1. The van der Waals surface area contributed by atoms with Crippen molar-refractivity contribution >= 4 is 6.09 Å². The molecule has 1 rings (SSSR count). The van der Waals surface area contributed by atoms with Crippen molar-refractivity contribution in [3.63, 3.8) is 0 Å². The summed E-state index contributed by atoms with van der Waals surface area (Å²) in [6.45, 7) is 15.2. The number of carbonyl (C=O) groups excluding carboxylic acids is 1. The molecule has 1 saturated heterocycles. The fourth-order valence-corrected chi connectivity index (χ4v) is 3.38. The van der Waals surface area contributed by atoms with Crippen molar-refractivity contribution in [3.05, 3.63) is 0 Å². The molecule has 1 atom stereocenters. The van der Waals surface area contributed by atoms with E-state index >= 15 is 0 Å². The van der Waals surface area contributed by atoms with Crippen LogP contribution in [0.15, 0.2) is 0 Å². The lowest BCUT2D eigenvalue weighted by Gasteiger charge is -2.41. The van der Waals surface area contributed by atoms with Gasteiger partial charge in [-0.25, -0.2) is 4.79 Å². The largest absolute Gasteiger partial charge is 0.444 e. The number of rotatable bonds is 7. The third-order valence-corrected chi connectivity index (χ3v) is 4.52. The van der Waals surface area contributed by atoms with Crippen molar-refractivity contribution in [2.45, 2.75) is 91.7 Å². The van der Waals surface area contributed by atoms with Crippen LogP contribution in [0.4, 0.5) is 4.79 Å². The second kappa shape index (κ2) is 8.91. The minimum absolute atomic E-state index is 0.148. The Morgan fingerprint density at radius 2 is 1.87 bits per heavy atom. The van der Waals surface area contributed by atoms with Gasteiger partial charge in [0.25, 0.3) is 0 Å². The lowest BCUT2D eigenvalue weighted by Crippen LogP contribution is -2.51. The van der Waals surface area contributed by atoms with Crippen molar-refractivity contribution < 1.29 is 9.53 Å². The molecule has 4 nitrogen and oxygen atoms in total. The fraction of sp³-hybridized carbons (Fsp3) is 0.947. The summed E-state index contributed by atoms with van der Waals surface area (Å²) < 4.78 is 5.54. The van der Waals surface area contributed by atoms with Crippen LogP contribution < -0.4 is 5.32 Å². The standard InChI is InChI=1S/C19H38N2O2/c1-7-10-16(11-8-2)20-14-19(6)12-9-13-21(15-19)17(22)23-18(3,4)5/h16,20H,7-15H2,1-6H3. The minimum atomic E-state index is -0.420. The molecule has 1 fully saturated rings. The first-order valence-electron chi connectivity index (χ1n) is 9.40. The van der Waals surface area contributed by atoms with E-state index in [4.69, 9.17) is 4.74 Å². The number of nitrogens with zero attached hydrogens (tertiary/aromatic N) is 1. The van der Waals surface area contributed by atoms with E-state index in [0.717, 1.165) is 26.1 Å². The molecule has 0 aromatic heterocycles. The van der Waals surface area contributed by atoms with Gasteiger partial charge in [-0.05, 0) is 51.9 Å². The maximum Gasteiger partial charge on any atom is 0.410 e. The summed E-state index contributed by atoms with van der Waals surface area (Å²) in [5.74, 6) is 0. The number of ether oxygens (including phenoxy) is 1. The van der Waals surface area contributed by atoms with E-state index in [1.807, 2.05) is 25.7 Å². The molecule has 0 aromatic carbocycles. The van der Waals surface area contributed by atoms with Crippen LogP contribution in [0.25, 0.3) is 0 Å². The summed E-state index contributed by atoms with van der Waals surface area (Å²) in [7, 11) is 0. The van der Waals surface area contributed by atoms with Gasteiger partial charge in [-0.2, -0.15) is 0 Å². The quantitative estimate of drug-likeness (QED) is 0.744. The lowest BCUT2D eigenvalue weighted by atomic mass is 9.81. The summed E-state index contributed by atoms with van der Waals surface area (Å²) in [5, 5.41) is 3.76. The van der Waals surface area contributed by atoms with Crippen molar-refractivity contribution in [3.8, 4) is 0 Å². The first-order valence-corrected chi connectivity index (χ1v) is 9.40. The van der Waals surface area contributed by atoms with Crippen molar-refractivity contribution in [1.29, 1.82) is 0 Å². The molecule has 1 aliphatic rings. The number of amides is 1. The summed E-state index contributed by atoms with van der Waals surface area (Å²) >= 11 is 0. The number of piperidine rings is 1. The van der Waals surface area contributed by atoms with Crippen LogP contribution in [0.3, 0.4) is 0 Å². The average molecular weight is 327 g/mol. The molecule has 1 N–H and O–H groups in total. The number of likely N-dealkylation sites (tertiary alicyclic amines) is 1. The highest BCUT2D eigenvalue weighted by atomic mass is 16.6. The van der Waals surface area contributed by atoms with E-state index in [9.17, 15) is 4.79 Å². The zero-order chi connectivity index (χ0) is 17.5. The molecule has 0 radical (unpaired) electrons. The zero-order valence-corrected chi connectivity index (χ0v) is 16.2. The normalized spacial score (nSPS) is 22.5. The molecule has 23 heavy (non-hydrogen) atoms. The predicted molar refractivity (Wildman–Crippen MR) is 96.8 cm³/mol. The Morgan fingerprint density at radius 3 is 2.39 bits per heavy atom. The van der Waals surface area contributed by atoms with Gasteiger partial charge in [0.1, 0.15) is 5.60 Å². The smallest absolute Gasteiger partial charge is 0.410 e. The summed E-state index contributed by atoms with van der Waals surface area (Å²) in [4.78, 5) is 14.2. The molecular weight excluding hydrogens is 288 g/mol. The van der Waals surface area contributed by atoms with Crippen molar-refractivity contribution in [2.75, 3.05) is 19.6 Å². The van der Waals surface area contributed by atoms with E-state index < -0.39 is 5.60 Å². The van der Waals surface area contributed by atoms with E-state index in [1.165, 1.54) is 32.1 Å². The zero-order valence-electron chi connectivity index (χ0n) is 16.2. The van der Waals surface area contributed by atoms with E-state index in [2.05, 4.69) is 26.1 Å². The van der Waals surface area contributed by atoms with Gasteiger partial charge in [-0.1, -0.05) is 33.6 Å². The van der Waals surface area contributed by atoms with Gasteiger partial charge in [-0.15, -0.1) is 0 Å². The van der Waals surface area contributed by atoms with Crippen LogP contribution in [0, 0.1) is 5.41 Å². The van der Waals surface area contributed by atoms with Gasteiger partial charge >= 0.3 is 6.09 Å². The second-order valence-electron chi connectivity index (χ2n) is 8.47. The van der Waals surface area contributed by atoms with Crippen LogP contribution in [0.1, 0.15) is 80.1 Å². The van der Waals surface area contributed by atoms with E-state index in [0.29, 0.717) is 6.04 Å². The van der Waals surface area contributed by atoms with Crippen LogP contribution in [-0.2, 0) is 4.74 Å². The lowest BCUT2D eigenvalue weighted by molar-refractivity contribution is 0.00640. The van der Waals surface area contributed by atoms with Crippen molar-refractivity contribution in [1.82, 2.24) is 10.2 Å². The maximum absolute atomic E-state index is 12.3. The third-order valence-electron chi connectivity index (χ3n) is 4.52. The number of hydrogen-bond acceptors (Lipinski definition) is 3. The van der Waals surface area contributed by atoms with Gasteiger partial charge in [0.2, 0.25) is 0 Å². The molecule has 0 saturated carbocycles. The molecule has 1 heterocycles. The second-order valence-corrected chi connectivity index (χ2v) is 8.47. The molecule has 1 amide bonds. The van der Waals surface area contributed by atoms with E-state index in [-0.39, 0.29) is 11.5 Å². The average Bonchev–Trinajstić information content (AvgIpc) is 2.44. The third kappa shape index (κ3) is 7.56. The van der Waals surface area contributed by atoms with Crippen LogP contribution in [-0.4, -0.2) is 42.3 Å². The predicted octanol–water partition coefficient (Wildman–Crippen LogP) is 4.58. The first-order chi connectivity index (χ1) is 10.7. The van der Waals surface area contributed by atoms with Gasteiger partial charge < -0.3 is 15.0 Å². The highest BCUT2D eigenvalue weighted by Gasteiger charge is 2.35. The van der Waals surface area contributed by atoms with E-state index in [1.54, 1.807) is 0 Å².